The van der Waals surface area contributed by atoms with Crippen LogP contribution in [0.3, 0.4) is 0 Å². The van der Waals surface area contributed by atoms with Crippen LogP contribution in [-0.2, 0) is 18.6 Å². The van der Waals surface area contributed by atoms with Crippen molar-refractivity contribution in [1.82, 2.24) is 0 Å². The molecule has 0 fully saturated rings. The molecule has 0 atom stereocenters. The van der Waals surface area contributed by atoms with E-state index in [2.05, 4.69) is 4.74 Å². The summed E-state index contributed by atoms with van der Waals surface area (Å²) in [6.07, 6.45) is -0.661. The van der Waals surface area contributed by atoms with Crippen LogP contribution in [0, 0.1) is 0 Å². The first kappa shape index (κ1) is 17.2. The van der Waals surface area contributed by atoms with E-state index in [0.29, 0.717) is 0 Å². The van der Waals surface area contributed by atoms with Gasteiger partial charge in [-0.05, 0) is 0 Å². The van der Waals surface area contributed by atoms with E-state index < -0.39 is 26.6 Å². The normalized spacial score (nSPS) is 14.0. The Bertz CT molecular complexity index is 300. The molecule has 0 aromatic heterocycles. The average Bonchev–Trinajstić information content (AvgIpc) is 2.13. The molecule has 9 nitrogen and oxygen atoms in total. The lowest BCUT2D eigenvalue weighted by molar-refractivity contribution is 0.0662. The molecule has 0 spiro atoms. The quantitative estimate of drug-likeness (QED) is 0.279. The highest BCUT2D eigenvalue weighted by Gasteiger charge is 2.56. The van der Waals surface area contributed by atoms with Crippen LogP contribution in [0.5, 0.6) is 0 Å². The molecule has 0 heterocycles. The fourth-order valence-electron chi connectivity index (χ4n) is 0.928. The van der Waals surface area contributed by atoms with Crippen LogP contribution in [0.1, 0.15) is 6.42 Å². The highest BCUT2D eigenvalue weighted by molar-refractivity contribution is 7.72. The van der Waals surface area contributed by atoms with E-state index in [0.717, 1.165) is 0 Å². The topological polar surface area (TPSA) is 160 Å². The second-order valence-corrected chi connectivity index (χ2v) is 7.45. The minimum absolute atomic E-state index is 0.134. The number of ether oxygens (including phenoxy) is 2. The second-order valence-electron chi connectivity index (χ2n) is 3.32. The molecule has 0 bridgehead atoms. The Hall–Kier alpha value is 0.180. The first-order valence-electron chi connectivity index (χ1n) is 4.53. The van der Waals surface area contributed by atoms with Crippen LogP contribution in [-0.4, -0.2) is 51.5 Å². The maximum absolute atomic E-state index is 11.0. The Morgan fingerprint density at radius 1 is 1.06 bits per heavy atom. The third kappa shape index (κ3) is 4.75. The SMILES string of the molecule is COCCOCCC(N)(P(=O)(O)O)P(=O)(O)O. The van der Waals surface area contributed by atoms with Gasteiger partial charge < -0.3 is 34.8 Å². The predicted molar refractivity (Wildman–Crippen MR) is 58.3 cm³/mol. The number of nitrogens with two attached hydrogens (primary N) is 1. The zero-order chi connectivity index (χ0) is 13.7. The molecule has 0 radical (unpaired) electrons. The van der Waals surface area contributed by atoms with Crippen molar-refractivity contribution in [3.8, 4) is 0 Å². The molecule has 0 rings (SSSR count). The first-order valence-corrected chi connectivity index (χ1v) is 7.75. The van der Waals surface area contributed by atoms with Crippen LogP contribution in [0.15, 0.2) is 0 Å². The number of rotatable bonds is 8. The fraction of sp³-hybridized carbons (Fsp3) is 1.00. The number of methoxy groups -OCH3 is 1. The lowest BCUT2D eigenvalue weighted by atomic mass is 10.4. The van der Waals surface area contributed by atoms with E-state index in [1.807, 2.05) is 0 Å². The molecular formula is C6H17NO8P2. The zero-order valence-electron chi connectivity index (χ0n) is 9.22. The summed E-state index contributed by atoms with van der Waals surface area (Å²) in [5.74, 6) is 0. The Labute approximate surface area is 98.2 Å². The standard InChI is InChI=1S/C6H17NO8P2/c1-14-4-5-15-3-2-6(7,16(8,9)10)17(11,12)13/h2-5,7H2,1H3,(H2,8,9,10)(H2,11,12,13). The largest absolute Gasteiger partial charge is 0.382 e. The molecule has 6 N–H and O–H groups in total. The van der Waals surface area contributed by atoms with Crippen LogP contribution in [0.4, 0.5) is 0 Å². The van der Waals surface area contributed by atoms with E-state index >= 15 is 0 Å². The first-order chi connectivity index (χ1) is 7.56. The van der Waals surface area contributed by atoms with E-state index in [4.69, 9.17) is 30.0 Å². The molecule has 0 aromatic rings. The van der Waals surface area contributed by atoms with Gasteiger partial charge in [0.2, 0.25) is 5.02 Å². The molecule has 104 valence electrons. The van der Waals surface area contributed by atoms with Gasteiger partial charge in [-0.2, -0.15) is 0 Å². The van der Waals surface area contributed by atoms with Crippen LogP contribution in [0.2, 0.25) is 0 Å². The van der Waals surface area contributed by atoms with E-state index in [1.165, 1.54) is 7.11 Å². The molecule has 0 unspecified atom stereocenters. The summed E-state index contributed by atoms with van der Waals surface area (Å²) >= 11 is 0. The summed E-state index contributed by atoms with van der Waals surface area (Å²) in [5.41, 5.74) is 5.13. The van der Waals surface area contributed by atoms with Crippen molar-refractivity contribution in [2.45, 2.75) is 11.4 Å². The summed E-state index contributed by atoms with van der Waals surface area (Å²) in [6.45, 7) is 0.0916. The predicted octanol–water partition coefficient (Wildman–Crippen LogP) is -0.993. The molecule has 0 saturated carbocycles. The molecule has 0 aliphatic carbocycles. The van der Waals surface area contributed by atoms with Gasteiger partial charge in [0.25, 0.3) is 0 Å². The lowest BCUT2D eigenvalue weighted by Gasteiger charge is -2.30. The molecule has 0 aromatic carbocycles. The van der Waals surface area contributed by atoms with Gasteiger partial charge in [-0.15, -0.1) is 0 Å². The summed E-state index contributed by atoms with van der Waals surface area (Å²) in [7, 11) is -8.89. The molecule has 0 aliphatic heterocycles. The molecule has 0 aliphatic rings. The van der Waals surface area contributed by atoms with Crippen LogP contribution < -0.4 is 5.73 Å². The van der Waals surface area contributed by atoms with Gasteiger partial charge in [0, 0.05) is 20.1 Å². The molecular weight excluding hydrogens is 276 g/mol. The Balaban J connectivity index is 4.55. The van der Waals surface area contributed by atoms with Gasteiger partial charge >= 0.3 is 15.2 Å². The Morgan fingerprint density at radius 3 is 1.88 bits per heavy atom. The summed E-state index contributed by atoms with van der Waals surface area (Å²) in [5, 5.41) is -2.91. The van der Waals surface area contributed by atoms with Gasteiger partial charge in [0.05, 0.1) is 13.2 Å². The number of hydrogen-bond acceptors (Lipinski definition) is 5. The summed E-state index contributed by atoms with van der Waals surface area (Å²) in [6, 6.07) is 0. The number of hydrogen-bond donors (Lipinski definition) is 5. The van der Waals surface area contributed by atoms with Crippen molar-refractivity contribution >= 4 is 15.2 Å². The maximum atomic E-state index is 11.0. The molecule has 11 heteroatoms. The fourth-order valence-corrected chi connectivity index (χ4v) is 3.05. The van der Waals surface area contributed by atoms with Gasteiger partial charge in [-0.1, -0.05) is 0 Å². The van der Waals surface area contributed by atoms with Crippen molar-refractivity contribution < 1.29 is 38.2 Å². The molecule has 0 amide bonds. The minimum Gasteiger partial charge on any atom is -0.382 e. The monoisotopic (exact) mass is 293 g/mol. The third-order valence-electron chi connectivity index (χ3n) is 2.05. The summed E-state index contributed by atoms with van der Waals surface area (Å²) < 4.78 is 31.5. The molecule has 17 heavy (non-hydrogen) atoms. The van der Waals surface area contributed by atoms with Gasteiger partial charge in [-0.25, -0.2) is 0 Å². The van der Waals surface area contributed by atoms with Crippen molar-refractivity contribution in [3.63, 3.8) is 0 Å². The van der Waals surface area contributed by atoms with Crippen LogP contribution >= 0.6 is 15.2 Å². The lowest BCUT2D eigenvalue weighted by Crippen LogP contribution is -2.40. The highest BCUT2D eigenvalue weighted by Crippen LogP contribution is 2.67. The summed E-state index contributed by atoms with van der Waals surface area (Å²) in [4.78, 5) is 35.6. The van der Waals surface area contributed by atoms with Gasteiger partial charge in [0.15, 0.2) is 0 Å². The Kier molecular flexibility index (Phi) is 6.44. The highest BCUT2D eigenvalue weighted by atomic mass is 31.2. The van der Waals surface area contributed by atoms with Crippen molar-refractivity contribution in [2.75, 3.05) is 26.9 Å². The van der Waals surface area contributed by atoms with Gasteiger partial charge in [0.1, 0.15) is 0 Å². The van der Waals surface area contributed by atoms with E-state index in [-0.39, 0.29) is 19.8 Å². The van der Waals surface area contributed by atoms with E-state index in [9.17, 15) is 9.13 Å². The molecule has 0 saturated heterocycles. The van der Waals surface area contributed by atoms with Crippen molar-refractivity contribution in [1.29, 1.82) is 0 Å². The van der Waals surface area contributed by atoms with Crippen molar-refractivity contribution in [2.24, 2.45) is 5.73 Å². The van der Waals surface area contributed by atoms with Crippen molar-refractivity contribution in [3.05, 3.63) is 0 Å². The second kappa shape index (κ2) is 6.38. The zero-order valence-corrected chi connectivity index (χ0v) is 11.0. The third-order valence-corrected chi connectivity index (χ3v) is 6.08. The Morgan fingerprint density at radius 2 is 1.53 bits per heavy atom. The van der Waals surface area contributed by atoms with Crippen LogP contribution in [0.25, 0.3) is 0 Å². The maximum Gasteiger partial charge on any atom is 0.357 e. The van der Waals surface area contributed by atoms with E-state index in [1.54, 1.807) is 0 Å². The smallest absolute Gasteiger partial charge is 0.357 e. The average molecular weight is 293 g/mol. The minimum atomic E-state index is -5.16. The van der Waals surface area contributed by atoms with Gasteiger partial charge in [-0.3, -0.25) is 9.13 Å².